The largest absolute Gasteiger partial charge is 0.497 e. The Morgan fingerprint density at radius 3 is 2.21 bits per heavy atom. The Balaban J connectivity index is 2.14. The molecule has 1 aromatic carbocycles. The predicted molar refractivity (Wildman–Crippen MR) is 119 cm³/mol. The lowest BCUT2D eigenvalue weighted by Gasteiger charge is -2.41. The smallest absolute Gasteiger partial charge is 0.192 e. The summed E-state index contributed by atoms with van der Waals surface area (Å²) < 4.78 is 24.2. The zero-order chi connectivity index (χ0) is 22.0. The molecule has 1 aliphatic heterocycles. The first-order valence-electron chi connectivity index (χ1n) is 10.6. The summed E-state index contributed by atoms with van der Waals surface area (Å²) in [6.45, 7) is 18.0. The summed E-state index contributed by atoms with van der Waals surface area (Å²) in [5, 5.41) is 9.78. The molecule has 0 bridgehead atoms. The van der Waals surface area contributed by atoms with Crippen molar-refractivity contribution in [2.45, 2.75) is 90.2 Å². The van der Waals surface area contributed by atoms with Crippen LogP contribution in [0.2, 0.25) is 18.1 Å². The topological polar surface area (TPSA) is 60.5 Å². The number of epoxide rings is 1. The molecule has 5 nitrogen and oxygen atoms in total. The first-order chi connectivity index (χ1) is 13.3. The number of ether oxygens (including phenoxy) is 3. The Hall–Kier alpha value is -0.923. The Kier molecular flexibility index (Phi) is 7.61. The Morgan fingerprint density at radius 1 is 1.17 bits per heavy atom. The molecule has 0 aliphatic carbocycles. The lowest BCUT2D eigenvalue weighted by molar-refractivity contribution is -0.0662. The van der Waals surface area contributed by atoms with Gasteiger partial charge in [-0.05, 0) is 49.7 Å². The molecule has 0 saturated carbocycles. The van der Waals surface area contributed by atoms with Gasteiger partial charge in [-0.3, -0.25) is 0 Å². The molecule has 0 amide bonds. The number of benzene rings is 1. The highest BCUT2D eigenvalue weighted by Gasteiger charge is 2.57. The van der Waals surface area contributed by atoms with Crippen LogP contribution in [0.5, 0.6) is 5.75 Å². The first kappa shape index (κ1) is 24.3. The van der Waals surface area contributed by atoms with Gasteiger partial charge in [-0.2, -0.15) is 0 Å². The average molecular weight is 425 g/mol. The van der Waals surface area contributed by atoms with Crippen molar-refractivity contribution in [2.24, 2.45) is 5.92 Å². The molecule has 0 aromatic heterocycles. The molecule has 6 heteroatoms. The zero-order valence-corrected chi connectivity index (χ0v) is 20.6. The molecule has 1 aromatic rings. The van der Waals surface area contributed by atoms with Crippen molar-refractivity contribution in [1.29, 1.82) is 0 Å². The van der Waals surface area contributed by atoms with Gasteiger partial charge in [0.2, 0.25) is 0 Å². The van der Waals surface area contributed by atoms with E-state index in [1.165, 1.54) is 0 Å². The van der Waals surface area contributed by atoms with Gasteiger partial charge in [-0.15, -0.1) is 0 Å². The summed E-state index contributed by atoms with van der Waals surface area (Å²) in [4.78, 5) is 0. The average Bonchev–Trinajstić information content (AvgIpc) is 3.33. The van der Waals surface area contributed by atoms with Gasteiger partial charge >= 0.3 is 0 Å². The predicted octanol–water partition coefficient (Wildman–Crippen LogP) is 4.78. The third kappa shape index (κ3) is 5.82. The molecule has 2 rings (SSSR count). The molecule has 0 radical (unpaired) electrons. The van der Waals surface area contributed by atoms with Crippen LogP contribution < -0.4 is 4.74 Å². The van der Waals surface area contributed by atoms with E-state index in [1.807, 2.05) is 31.2 Å². The first-order valence-corrected chi connectivity index (χ1v) is 13.5. The van der Waals surface area contributed by atoms with E-state index in [1.54, 1.807) is 7.11 Å². The van der Waals surface area contributed by atoms with Gasteiger partial charge in [-0.1, -0.05) is 39.8 Å². The maximum absolute atomic E-state index is 9.65. The van der Waals surface area contributed by atoms with Crippen LogP contribution in [0.3, 0.4) is 0 Å². The normalized spacial score (nSPS) is 25.4. The highest BCUT2D eigenvalue weighted by atomic mass is 28.4. The summed E-state index contributed by atoms with van der Waals surface area (Å²) in [5.41, 5.74) is 0.613. The third-order valence-electron chi connectivity index (χ3n) is 6.60. The molecule has 166 valence electrons. The van der Waals surface area contributed by atoms with Crippen LogP contribution in [0.15, 0.2) is 24.3 Å². The van der Waals surface area contributed by atoms with E-state index in [-0.39, 0.29) is 35.9 Å². The minimum atomic E-state index is -1.94. The molecular weight excluding hydrogens is 384 g/mol. The Bertz CT molecular complexity index is 654. The second-order valence-corrected chi connectivity index (χ2v) is 14.8. The van der Waals surface area contributed by atoms with Crippen molar-refractivity contribution in [3.05, 3.63) is 29.8 Å². The molecule has 29 heavy (non-hydrogen) atoms. The number of rotatable bonds is 10. The van der Waals surface area contributed by atoms with E-state index in [0.717, 1.165) is 11.3 Å². The van der Waals surface area contributed by atoms with Gasteiger partial charge in [0.25, 0.3) is 0 Å². The quantitative estimate of drug-likeness (QED) is 0.433. The van der Waals surface area contributed by atoms with Gasteiger partial charge in [0.05, 0.1) is 38.6 Å². The van der Waals surface area contributed by atoms with E-state index in [4.69, 9.17) is 18.6 Å². The molecule has 0 unspecified atom stereocenters. The summed E-state index contributed by atoms with van der Waals surface area (Å²) in [6.07, 6.45) is -0.236. The standard InChI is InChI=1S/C23H40O5Si/c1-16(21-23(6,15-24)27-21)20(17(2)28-29(8,9)22(3,4)5)26-14-18-10-12-19(25-7)13-11-18/h10-13,16-17,20-21,24H,14-15H2,1-9H3/t16-,17+,20-,21+,23+/m1/s1. The molecule has 1 aliphatic rings. The van der Waals surface area contributed by atoms with Gasteiger partial charge in [0.1, 0.15) is 11.4 Å². The van der Waals surface area contributed by atoms with Gasteiger partial charge < -0.3 is 23.7 Å². The molecular formula is C23H40O5Si. The lowest BCUT2D eigenvalue weighted by Crippen LogP contribution is -2.49. The van der Waals surface area contributed by atoms with Crippen molar-refractivity contribution < 1.29 is 23.7 Å². The van der Waals surface area contributed by atoms with Gasteiger partial charge in [-0.25, -0.2) is 0 Å². The van der Waals surface area contributed by atoms with E-state index >= 15 is 0 Å². The van der Waals surface area contributed by atoms with Crippen LogP contribution >= 0.6 is 0 Å². The fraction of sp³-hybridized carbons (Fsp3) is 0.739. The van der Waals surface area contributed by atoms with Crippen LogP contribution in [0.25, 0.3) is 0 Å². The maximum atomic E-state index is 9.65. The maximum Gasteiger partial charge on any atom is 0.192 e. The van der Waals surface area contributed by atoms with E-state index in [9.17, 15) is 5.11 Å². The highest BCUT2D eigenvalue weighted by molar-refractivity contribution is 6.74. The lowest BCUT2D eigenvalue weighted by atomic mass is 9.90. The molecule has 1 N–H and O–H groups in total. The molecule has 1 heterocycles. The monoisotopic (exact) mass is 424 g/mol. The minimum Gasteiger partial charge on any atom is -0.497 e. The number of methoxy groups -OCH3 is 1. The Labute approximate surface area is 177 Å². The second kappa shape index (κ2) is 9.06. The van der Waals surface area contributed by atoms with Crippen LogP contribution in [0, 0.1) is 5.92 Å². The van der Waals surface area contributed by atoms with Crippen molar-refractivity contribution in [2.75, 3.05) is 13.7 Å². The van der Waals surface area contributed by atoms with Gasteiger partial charge in [0, 0.05) is 5.92 Å². The fourth-order valence-corrected chi connectivity index (χ4v) is 4.97. The molecule has 1 saturated heterocycles. The summed E-state index contributed by atoms with van der Waals surface area (Å²) in [5.74, 6) is 0.934. The van der Waals surface area contributed by atoms with E-state index < -0.39 is 13.9 Å². The van der Waals surface area contributed by atoms with Crippen LogP contribution in [-0.2, 0) is 20.5 Å². The minimum absolute atomic E-state index is 0.0185. The number of hydrogen-bond acceptors (Lipinski definition) is 5. The second-order valence-electron chi connectivity index (χ2n) is 10.1. The summed E-state index contributed by atoms with van der Waals surface area (Å²) >= 11 is 0. The van der Waals surface area contributed by atoms with Gasteiger partial charge in [0.15, 0.2) is 8.32 Å². The third-order valence-corrected chi connectivity index (χ3v) is 11.2. The molecule has 1 fully saturated rings. The van der Waals surface area contributed by atoms with Crippen LogP contribution in [0.4, 0.5) is 0 Å². The molecule has 0 spiro atoms. The van der Waals surface area contributed by atoms with Crippen molar-refractivity contribution >= 4 is 8.32 Å². The number of hydrogen-bond donors (Lipinski definition) is 1. The molecule has 5 atom stereocenters. The number of aliphatic hydroxyl groups is 1. The SMILES string of the molecule is COc1ccc(CO[C@H]([C@@H](C)[C@@H]2O[C@@]2(C)CO)[C@H](C)O[Si](C)(C)C(C)(C)C)cc1. The van der Waals surface area contributed by atoms with Crippen molar-refractivity contribution in [3.8, 4) is 5.75 Å². The number of aliphatic hydroxyl groups excluding tert-OH is 1. The van der Waals surface area contributed by atoms with Crippen LogP contribution in [0.1, 0.15) is 47.1 Å². The van der Waals surface area contributed by atoms with Crippen molar-refractivity contribution in [1.82, 2.24) is 0 Å². The zero-order valence-electron chi connectivity index (χ0n) is 19.6. The summed E-state index contributed by atoms with van der Waals surface area (Å²) in [7, 11) is -0.279. The summed E-state index contributed by atoms with van der Waals surface area (Å²) in [6, 6.07) is 7.93. The highest BCUT2D eigenvalue weighted by Crippen LogP contribution is 2.44. The van der Waals surface area contributed by atoms with Crippen molar-refractivity contribution in [3.63, 3.8) is 0 Å². The van der Waals surface area contributed by atoms with E-state index in [2.05, 4.69) is 47.7 Å². The van der Waals surface area contributed by atoms with Crippen LogP contribution in [-0.4, -0.2) is 51.1 Å². The Morgan fingerprint density at radius 2 is 1.76 bits per heavy atom. The van der Waals surface area contributed by atoms with E-state index in [0.29, 0.717) is 6.61 Å². The fourth-order valence-electron chi connectivity index (χ4n) is 3.56.